The zero-order valence-corrected chi connectivity index (χ0v) is 10.4. The van der Waals surface area contributed by atoms with Crippen LogP contribution in [0.15, 0.2) is 40.8 Å². The number of carbonyl (C=O) groups is 1. The Hall–Kier alpha value is -0.810. The first-order chi connectivity index (χ1) is 7.16. The lowest BCUT2D eigenvalue weighted by Gasteiger charge is -1.96. The van der Waals surface area contributed by atoms with Crippen molar-refractivity contribution in [2.45, 2.75) is 0 Å². The molecule has 2 rings (SSSR count). The first-order valence-electron chi connectivity index (χ1n) is 4.22. The molecule has 0 spiro atoms. The average molecular weight is 333 g/mol. The molecule has 0 bridgehead atoms. The molecule has 0 N–H and O–H groups in total. The first-order valence-corrected chi connectivity index (χ1v) is 5.68. The van der Waals surface area contributed by atoms with Crippen LogP contribution in [-0.4, -0.2) is 5.24 Å². The van der Waals surface area contributed by atoms with E-state index < -0.39 is 5.24 Å². The zero-order valence-electron chi connectivity index (χ0n) is 7.54. The fourth-order valence-electron chi connectivity index (χ4n) is 1.21. The summed E-state index contributed by atoms with van der Waals surface area (Å²) >= 11 is 7.52. The van der Waals surface area contributed by atoms with Crippen LogP contribution in [-0.2, 0) is 0 Å². The van der Waals surface area contributed by atoms with E-state index in [0.29, 0.717) is 5.76 Å². The van der Waals surface area contributed by atoms with Gasteiger partial charge in [0, 0.05) is 9.13 Å². The molecule has 2 aromatic rings. The fourth-order valence-corrected chi connectivity index (χ4v) is 1.67. The van der Waals surface area contributed by atoms with Crippen molar-refractivity contribution in [3.63, 3.8) is 0 Å². The van der Waals surface area contributed by atoms with Crippen molar-refractivity contribution in [1.29, 1.82) is 0 Å². The molecule has 0 unspecified atom stereocenters. The van der Waals surface area contributed by atoms with E-state index in [0.717, 1.165) is 9.13 Å². The van der Waals surface area contributed by atoms with Crippen molar-refractivity contribution in [2.24, 2.45) is 0 Å². The van der Waals surface area contributed by atoms with Crippen LogP contribution in [0.25, 0.3) is 11.3 Å². The van der Waals surface area contributed by atoms with Gasteiger partial charge in [-0.1, -0.05) is 12.1 Å². The van der Waals surface area contributed by atoms with Crippen molar-refractivity contribution in [3.05, 3.63) is 45.7 Å². The minimum atomic E-state index is -0.577. The van der Waals surface area contributed by atoms with Crippen LogP contribution in [0.4, 0.5) is 0 Å². The van der Waals surface area contributed by atoms with Gasteiger partial charge in [-0.2, -0.15) is 0 Å². The SMILES string of the molecule is O=C(Cl)c1ccc(-c2ccc(I)cc2)o1. The van der Waals surface area contributed by atoms with Gasteiger partial charge in [-0.15, -0.1) is 0 Å². The highest BCUT2D eigenvalue weighted by Gasteiger charge is 2.09. The van der Waals surface area contributed by atoms with Crippen LogP contribution in [0.5, 0.6) is 0 Å². The highest BCUT2D eigenvalue weighted by molar-refractivity contribution is 14.1. The highest BCUT2D eigenvalue weighted by Crippen LogP contribution is 2.23. The van der Waals surface area contributed by atoms with Gasteiger partial charge in [-0.25, -0.2) is 0 Å². The Kier molecular flexibility index (Phi) is 3.11. The molecule has 0 atom stereocenters. The quantitative estimate of drug-likeness (QED) is 0.616. The Balaban J connectivity index is 2.37. The Morgan fingerprint density at radius 1 is 1.13 bits per heavy atom. The summed E-state index contributed by atoms with van der Waals surface area (Å²) in [5, 5.41) is -0.577. The van der Waals surface area contributed by atoms with Gasteiger partial charge in [-0.3, -0.25) is 4.79 Å². The van der Waals surface area contributed by atoms with Gasteiger partial charge in [0.05, 0.1) is 0 Å². The van der Waals surface area contributed by atoms with Gasteiger partial charge in [0.15, 0.2) is 5.76 Å². The smallest absolute Gasteiger partial charge is 0.287 e. The lowest BCUT2D eigenvalue weighted by Crippen LogP contribution is -1.81. The maximum Gasteiger partial charge on any atom is 0.287 e. The molecule has 1 heterocycles. The normalized spacial score (nSPS) is 10.3. The number of carbonyl (C=O) groups excluding carboxylic acids is 1. The van der Waals surface area contributed by atoms with E-state index in [2.05, 4.69) is 22.6 Å². The van der Waals surface area contributed by atoms with Gasteiger partial charge in [0.1, 0.15) is 5.76 Å². The largest absolute Gasteiger partial charge is 0.452 e. The van der Waals surface area contributed by atoms with Crippen molar-refractivity contribution < 1.29 is 9.21 Å². The van der Waals surface area contributed by atoms with Crippen molar-refractivity contribution in [1.82, 2.24) is 0 Å². The summed E-state index contributed by atoms with van der Waals surface area (Å²) in [5.41, 5.74) is 0.930. The predicted octanol–water partition coefficient (Wildman–Crippen LogP) is 3.93. The topological polar surface area (TPSA) is 30.2 Å². The van der Waals surface area contributed by atoms with E-state index in [1.807, 2.05) is 24.3 Å². The lowest BCUT2D eigenvalue weighted by molar-refractivity contribution is 0.105. The van der Waals surface area contributed by atoms with E-state index in [1.165, 1.54) is 0 Å². The molecule has 0 saturated heterocycles. The summed E-state index contributed by atoms with van der Waals surface area (Å²) in [6.45, 7) is 0. The average Bonchev–Trinajstić information content (AvgIpc) is 2.68. The maximum absolute atomic E-state index is 10.8. The second kappa shape index (κ2) is 4.37. The van der Waals surface area contributed by atoms with E-state index in [-0.39, 0.29) is 5.76 Å². The van der Waals surface area contributed by atoms with Crippen molar-refractivity contribution >= 4 is 39.4 Å². The van der Waals surface area contributed by atoms with Crippen molar-refractivity contribution in [2.75, 3.05) is 0 Å². The lowest BCUT2D eigenvalue weighted by atomic mass is 10.2. The maximum atomic E-state index is 10.8. The summed E-state index contributed by atoms with van der Waals surface area (Å²) in [7, 11) is 0. The highest BCUT2D eigenvalue weighted by atomic mass is 127. The second-order valence-electron chi connectivity index (χ2n) is 2.94. The molecule has 1 aromatic carbocycles. The molecule has 76 valence electrons. The molecule has 0 radical (unpaired) electrons. The van der Waals surface area contributed by atoms with Gasteiger partial charge in [0.25, 0.3) is 5.24 Å². The molecule has 0 aliphatic carbocycles. The molecular formula is C11H6ClIO2. The van der Waals surface area contributed by atoms with Gasteiger partial charge < -0.3 is 4.42 Å². The van der Waals surface area contributed by atoms with E-state index in [1.54, 1.807) is 12.1 Å². The third-order valence-corrected chi connectivity index (χ3v) is 2.83. The summed E-state index contributed by atoms with van der Waals surface area (Å²) < 4.78 is 6.44. The second-order valence-corrected chi connectivity index (χ2v) is 4.53. The van der Waals surface area contributed by atoms with Crippen LogP contribution in [0.1, 0.15) is 10.6 Å². The van der Waals surface area contributed by atoms with E-state index in [4.69, 9.17) is 16.0 Å². The van der Waals surface area contributed by atoms with Crippen LogP contribution in [0.3, 0.4) is 0 Å². The number of furan rings is 1. The van der Waals surface area contributed by atoms with Gasteiger partial charge in [-0.05, 0) is 58.5 Å². The van der Waals surface area contributed by atoms with Crippen LogP contribution < -0.4 is 0 Å². The van der Waals surface area contributed by atoms with Crippen molar-refractivity contribution in [3.8, 4) is 11.3 Å². The predicted molar refractivity (Wildman–Crippen MR) is 67.0 cm³/mol. The molecule has 0 amide bonds. The Morgan fingerprint density at radius 2 is 1.80 bits per heavy atom. The molecule has 15 heavy (non-hydrogen) atoms. The fraction of sp³-hybridized carbons (Fsp3) is 0. The number of hydrogen-bond donors (Lipinski definition) is 0. The van der Waals surface area contributed by atoms with Gasteiger partial charge in [0.2, 0.25) is 0 Å². The molecule has 1 aromatic heterocycles. The van der Waals surface area contributed by atoms with E-state index in [9.17, 15) is 4.79 Å². The van der Waals surface area contributed by atoms with E-state index >= 15 is 0 Å². The molecule has 0 aliphatic rings. The molecule has 2 nitrogen and oxygen atoms in total. The van der Waals surface area contributed by atoms with Crippen LogP contribution in [0, 0.1) is 3.57 Å². The summed E-state index contributed by atoms with van der Waals surface area (Å²) in [4.78, 5) is 10.8. The summed E-state index contributed by atoms with van der Waals surface area (Å²) in [6, 6.07) is 11.1. The Bertz CT molecular complexity index is 488. The summed E-state index contributed by atoms with van der Waals surface area (Å²) in [6.07, 6.45) is 0. The third kappa shape index (κ3) is 2.41. The summed E-state index contributed by atoms with van der Waals surface area (Å²) in [5.74, 6) is 0.820. The molecule has 4 heteroatoms. The standard InChI is InChI=1S/C11H6ClIO2/c12-11(14)10-6-5-9(15-10)7-1-3-8(13)4-2-7/h1-6H. The number of rotatable bonds is 2. The van der Waals surface area contributed by atoms with Crippen LogP contribution >= 0.6 is 34.2 Å². The minimum absolute atomic E-state index is 0.171. The minimum Gasteiger partial charge on any atom is -0.452 e. The number of hydrogen-bond acceptors (Lipinski definition) is 2. The van der Waals surface area contributed by atoms with Gasteiger partial charge >= 0.3 is 0 Å². The third-order valence-electron chi connectivity index (χ3n) is 1.93. The molecule has 0 saturated carbocycles. The first kappa shape index (κ1) is 10.7. The van der Waals surface area contributed by atoms with Crippen LogP contribution in [0.2, 0.25) is 0 Å². The monoisotopic (exact) mass is 332 g/mol. The molecule has 0 aliphatic heterocycles. The number of benzene rings is 1. The molecular weight excluding hydrogens is 326 g/mol. The Labute approximate surface area is 105 Å². The number of halogens is 2. The zero-order chi connectivity index (χ0) is 10.8. The Morgan fingerprint density at radius 3 is 2.33 bits per heavy atom. The molecule has 0 fully saturated rings.